The van der Waals surface area contributed by atoms with Crippen LogP contribution in [0.3, 0.4) is 0 Å². The van der Waals surface area contributed by atoms with E-state index in [1.807, 2.05) is 4.90 Å². The number of rotatable bonds is 3. The zero-order valence-corrected chi connectivity index (χ0v) is 12.2. The van der Waals surface area contributed by atoms with E-state index in [-0.39, 0.29) is 11.5 Å². The van der Waals surface area contributed by atoms with Crippen LogP contribution in [0.15, 0.2) is 6.33 Å². The second-order valence-electron chi connectivity index (χ2n) is 5.17. The highest BCUT2D eigenvalue weighted by atomic mass is 16.6. The summed E-state index contributed by atoms with van der Waals surface area (Å²) in [5.74, 6) is 0.639. The predicted molar refractivity (Wildman–Crippen MR) is 77.1 cm³/mol. The van der Waals surface area contributed by atoms with Crippen LogP contribution in [0.1, 0.15) is 13.8 Å². The standard InChI is InChI=1S/C12H20N6O2/c1-8-5-17(6-9(2)16(8)4)12-10(18(19)20)11(13-3)14-7-15-12/h7-9H,5-6H2,1-4H3,(H,13,14,15). The summed E-state index contributed by atoms with van der Waals surface area (Å²) in [4.78, 5) is 23.2. The first kappa shape index (κ1) is 14.4. The van der Waals surface area contributed by atoms with Gasteiger partial charge in [-0.3, -0.25) is 15.0 Å². The second kappa shape index (κ2) is 5.58. The van der Waals surface area contributed by atoms with Gasteiger partial charge in [0, 0.05) is 32.2 Å². The maximum Gasteiger partial charge on any atom is 0.353 e. The van der Waals surface area contributed by atoms with E-state index in [2.05, 4.69) is 41.1 Å². The SMILES string of the molecule is CNc1ncnc(N2CC(C)N(C)C(C)C2)c1[N+](=O)[O-]. The van der Waals surface area contributed by atoms with Gasteiger partial charge < -0.3 is 10.2 Å². The minimum Gasteiger partial charge on any atom is -0.367 e. The summed E-state index contributed by atoms with van der Waals surface area (Å²) in [6.45, 7) is 5.63. The number of piperazine rings is 1. The summed E-state index contributed by atoms with van der Waals surface area (Å²) in [7, 11) is 3.69. The molecule has 8 nitrogen and oxygen atoms in total. The van der Waals surface area contributed by atoms with Gasteiger partial charge in [0.25, 0.3) is 0 Å². The number of hydrogen-bond acceptors (Lipinski definition) is 7. The Balaban J connectivity index is 2.40. The van der Waals surface area contributed by atoms with Crippen LogP contribution in [-0.2, 0) is 0 Å². The largest absolute Gasteiger partial charge is 0.367 e. The minimum atomic E-state index is -0.422. The summed E-state index contributed by atoms with van der Waals surface area (Å²) in [5, 5.41) is 14.1. The van der Waals surface area contributed by atoms with Crippen LogP contribution in [0.5, 0.6) is 0 Å². The van der Waals surface area contributed by atoms with Crippen LogP contribution >= 0.6 is 0 Å². The normalized spacial score (nSPS) is 23.7. The third-order valence-corrected chi connectivity index (χ3v) is 3.88. The third-order valence-electron chi connectivity index (χ3n) is 3.88. The van der Waals surface area contributed by atoms with Gasteiger partial charge in [-0.15, -0.1) is 0 Å². The molecular formula is C12H20N6O2. The first-order chi connectivity index (χ1) is 9.45. The lowest BCUT2D eigenvalue weighted by atomic mass is 10.1. The van der Waals surface area contributed by atoms with E-state index in [1.54, 1.807) is 7.05 Å². The molecule has 1 aliphatic rings. The number of nitrogens with zero attached hydrogens (tertiary/aromatic N) is 5. The number of hydrogen-bond donors (Lipinski definition) is 1. The molecule has 0 aromatic carbocycles. The van der Waals surface area contributed by atoms with Crippen molar-refractivity contribution >= 4 is 17.3 Å². The molecule has 1 fully saturated rings. The molecule has 1 aliphatic heterocycles. The van der Waals surface area contributed by atoms with Crippen LogP contribution in [0.25, 0.3) is 0 Å². The zero-order chi connectivity index (χ0) is 14.9. The molecule has 1 aromatic heterocycles. The van der Waals surface area contributed by atoms with Gasteiger partial charge in [-0.05, 0) is 20.9 Å². The summed E-state index contributed by atoms with van der Waals surface area (Å²) < 4.78 is 0. The van der Waals surface area contributed by atoms with E-state index in [4.69, 9.17) is 0 Å². The zero-order valence-electron chi connectivity index (χ0n) is 12.2. The second-order valence-corrected chi connectivity index (χ2v) is 5.17. The fourth-order valence-corrected chi connectivity index (χ4v) is 2.53. The van der Waals surface area contributed by atoms with Crippen molar-refractivity contribution < 1.29 is 4.92 Å². The van der Waals surface area contributed by atoms with Crippen LogP contribution in [0, 0.1) is 10.1 Å². The molecule has 1 aromatic rings. The fourth-order valence-electron chi connectivity index (χ4n) is 2.53. The molecule has 110 valence electrons. The molecule has 1 saturated heterocycles. The van der Waals surface area contributed by atoms with Gasteiger partial charge in [-0.2, -0.15) is 0 Å². The highest BCUT2D eigenvalue weighted by Gasteiger charge is 2.33. The molecule has 0 amide bonds. The molecule has 2 rings (SSSR count). The average molecular weight is 280 g/mol. The number of nitrogens with one attached hydrogen (secondary N) is 1. The van der Waals surface area contributed by atoms with Gasteiger partial charge in [0.1, 0.15) is 6.33 Å². The molecular weight excluding hydrogens is 260 g/mol. The Morgan fingerprint density at radius 2 is 1.95 bits per heavy atom. The average Bonchev–Trinajstić information content (AvgIpc) is 2.43. The van der Waals surface area contributed by atoms with Crippen molar-refractivity contribution in [2.24, 2.45) is 0 Å². The van der Waals surface area contributed by atoms with Crippen LogP contribution < -0.4 is 10.2 Å². The van der Waals surface area contributed by atoms with Crippen molar-refractivity contribution in [3.63, 3.8) is 0 Å². The first-order valence-corrected chi connectivity index (χ1v) is 6.59. The monoisotopic (exact) mass is 280 g/mol. The quantitative estimate of drug-likeness (QED) is 0.651. The van der Waals surface area contributed by atoms with Crippen molar-refractivity contribution in [3.05, 3.63) is 16.4 Å². The minimum absolute atomic E-state index is 0.0565. The molecule has 0 aliphatic carbocycles. The number of likely N-dealkylation sites (N-methyl/N-ethyl adjacent to an activating group) is 1. The summed E-state index contributed by atoms with van der Waals surface area (Å²) in [6, 6.07) is 0.623. The van der Waals surface area contributed by atoms with Crippen LogP contribution in [0.2, 0.25) is 0 Å². The van der Waals surface area contributed by atoms with E-state index >= 15 is 0 Å². The lowest BCUT2D eigenvalue weighted by Crippen LogP contribution is -2.55. The Kier molecular flexibility index (Phi) is 4.03. The predicted octanol–water partition coefficient (Wildman–Crippen LogP) is 0.955. The van der Waals surface area contributed by atoms with Gasteiger partial charge in [-0.25, -0.2) is 9.97 Å². The highest BCUT2D eigenvalue weighted by molar-refractivity contribution is 5.70. The van der Waals surface area contributed by atoms with E-state index in [0.29, 0.717) is 31.0 Å². The van der Waals surface area contributed by atoms with Gasteiger partial charge >= 0.3 is 5.69 Å². The lowest BCUT2D eigenvalue weighted by molar-refractivity contribution is -0.383. The maximum atomic E-state index is 11.3. The van der Waals surface area contributed by atoms with Gasteiger partial charge in [0.2, 0.25) is 11.6 Å². The van der Waals surface area contributed by atoms with Crippen molar-refractivity contribution in [2.45, 2.75) is 25.9 Å². The topological polar surface area (TPSA) is 87.4 Å². The molecule has 20 heavy (non-hydrogen) atoms. The van der Waals surface area contributed by atoms with Crippen molar-refractivity contribution in [1.29, 1.82) is 0 Å². The Morgan fingerprint density at radius 1 is 1.35 bits per heavy atom. The Hall–Kier alpha value is -1.96. The Bertz CT molecular complexity index is 497. The summed E-state index contributed by atoms with van der Waals surface area (Å²) >= 11 is 0. The highest BCUT2D eigenvalue weighted by Crippen LogP contribution is 2.33. The molecule has 2 atom stereocenters. The Morgan fingerprint density at radius 3 is 2.45 bits per heavy atom. The van der Waals surface area contributed by atoms with E-state index in [0.717, 1.165) is 0 Å². The summed E-state index contributed by atoms with van der Waals surface area (Å²) in [6.07, 6.45) is 1.36. The number of nitro groups is 1. The van der Waals surface area contributed by atoms with Crippen LogP contribution in [0.4, 0.5) is 17.3 Å². The molecule has 0 radical (unpaired) electrons. The molecule has 1 N–H and O–H groups in total. The Labute approximate surface area is 118 Å². The van der Waals surface area contributed by atoms with E-state index in [9.17, 15) is 10.1 Å². The van der Waals surface area contributed by atoms with Crippen LogP contribution in [-0.4, -0.2) is 59.1 Å². The van der Waals surface area contributed by atoms with Gasteiger partial charge in [0.15, 0.2) is 0 Å². The molecule has 0 saturated carbocycles. The van der Waals surface area contributed by atoms with Crippen molar-refractivity contribution in [2.75, 3.05) is 37.4 Å². The number of anilines is 2. The van der Waals surface area contributed by atoms with Gasteiger partial charge in [-0.1, -0.05) is 0 Å². The van der Waals surface area contributed by atoms with Gasteiger partial charge in [0.05, 0.1) is 4.92 Å². The molecule has 0 bridgehead atoms. The van der Waals surface area contributed by atoms with E-state index < -0.39 is 4.92 Å². The smallest absolute Gasteiger partial charge is 0.353 e. The van der Waals surface area contributed by atoms with Crippen molar-refractivity contribution in [1.82, 2.24) is 14.9 Å². The molecule has 0 spiro atoms. The van der Waals surface area contributed by atoms with Crippen molar-refractivity contribution in [3.8, 4) is 0 Å². The maximum absolute atomic E-state index is 11.3. The van der Waals surface area contributed by atoms with E-state index in [1.165, 1.54) is 6.33 Å². The first-order valence-electron chi connectivity index (χ1n) is 6.59. The lowest BCUT2D eigenvalue weighted by Gasteiger charge is -2.42. The third kappa shape index (κ3) is 2.51. The molecule has 8 heteroatoms. The number of aromatic nitrogens is 2. The molecule has 2 heterocycles. The summed E-state index contributed by atoms with van der Waals surface area (Å²) in [5.41, 5.74) is -0.0565. The fraction of sp³-hybridized carbons (Fsp3) is 0.667. The molecule has 2 unspecified atom stereocenters.